The molecule has 0 aromatic heterocycles. The molecular weight excluding hydrogens is 424 g/mol. The minimum atomic E-state index is -1.22. The molecular formula is C25H28N2O6. The molecule has 2 aromatic carbocycles. The van der Waals surface area contributed by atoms with Crippen molar-refractivity contribution in [3.63, 3.8) is 0 Å². The number of aliphatic hydroxyl groups is 1. The molecule has 174 valence electrons. The van der Waals surface area contributed by atoms with E-state index in [0.29, 0.717) is 25.4 Å². The SMILES string of the molecule is CC1=CN([C@@H]2O[C@]3(COCc4ccccc4)COC2C3OCc2ccccc2)C(O)NC1=O. The van der Waals surface area contributed by atoms with Gasteiger partial charge in [-0.2, -0.15) is 0 Å². The zero-order chi connectivity index (χ0) is 22.8. The highest BCUT2D eigenvalue weighted by atomic mass is 16.7. The van der Waals surface area contributed by atoms with Crippen molar-refractivity contribution >= 4 is 5.91 Å². The van der Waals surface area contributed by atoms with Gasteiger partial charge in [-0.1, -0.05) is 60.7 Å². The Morgan fingerprint density at radius 2 is 1.76 bits per heavy atom. The van der Waals surface area contributed by atoms with Gasteiger partial charge in [-0.05, 0) is 18.1 Å². The van der Waals surface area contributed by atoms with Gasteiger partial charge in [0, 0.05) is 11.8 Å². The average molecular weight is 453 g/mol. The summed E-state index contributed by atoms with van der Waals surface area (Å²) < 4.78 is 25.0. The Morgan fingerprint density at radius 3 is 2.45 bits per heavy atom. The standard InChI is InChI=1S/C25H28N2O6/c1-17-12-27(24(29)26-22(17)28)23-20-21(31-14-19-10-6-3-7-11-19)25(33-23,16-32-20)15-30-13-18-8-4-2-5-9-18/h2-12,20-21,23-24,29H,13-16H2,1H3,(H,26,28)/t20?,21?,23-,24?,25-/m1/s1. The number of nitrogens with zero attached hydrogens (tertiary/aromatic N) is 1. The molecule has 2 aromatic rings. The Morgan fingerprint density at radius 1 is 1.09 bits per heavy atom. The fourth-order valence-corrected chi connectivity index (χ4v) is 4.53. The maximum Gasteiger partial charge on any atom is 0.251 e. The van der Waals surface area contributed by atoms with Crippen LogP contribution in [0, 0.1) is 0 Å². The van der Waals surface area contributed by atoms with Crippen LogP contribution in [0.25, 0.3) is 0 Å². The number of ether oxygens (including phenoxy) is 4. The van der Waals surface area contributed by atoms with Gasteiger partial charge in [-0.15, -0.1) is 0 Å². The van der Waals surface area contributed by atoms with Crippen molar-refractivity contribution in [2.24, 2.45) is 0 Å². The minimum Gasteiger partial charge on any atom is -0.374 e. The number of rotatable bonds is 8. The van der Waals surface area contributed by atoms with Gasteiger partial charge in [0.2, 0.25) is 6.35 Å². The molecule has 3 aliphatic rings. The van der Waals surface area contributed by atoms with Gasteiger partial charge < -0.3 is 34.3 Å². The van der Waals surface area contributed by atoms with E-state index in [1.807, 2.05) is 60.7 Å². The Hall–Kier alpha value is -2.75. The van der Waals surface area contributed by atoms with E-state index in [1.165, 1.54) is 0 Å². The Labute approximate surface area is 192 Å². The minimum absolute atomic E-state index is 0.271. The van der Waals surface area contributed by atoms with Gasteiger partial charge in [-0.25, -0.2) is 0 Å². The molecule has 0 spiro atoms. The molecule has 33 heavy (non-hydrogen) atoms. The molecule has 2 N–H and O–H groups in total. The number of carbonyl (C=O) groups excluding carboxylic acids is 1. The molecule has 3 unspecified atom stereocenters. The lowest BCUT2D eigenvalue weighted by atomic mass is 9.99. The summed E-state index contributed by atoms with van der Waals surface area (Å²) >= 11 is 0. The third-order valence-electron chi connectivity index (χ3n) is 6.24. The van der Waals surface area contributed by atoms with Crippen LogP contribution < -0.4 is 5.32 Å². The fourth-order valence-electron chi connectivity index (χ4n) is 4.53. The first kappa shape index (κ1) is 22.1. The third kappa shape index (κ3) is 4.40. The van der Waals surface area contributed by atoms with E-state index < -0.39 is 30.4 Å². The van der Waals surface area contributed by atoms with E-state index in [4.69, 9.17) is 18.9 Å². The van der Waals surface area contributed by atoms with Gasteiger partial charge in [0.05, 0.1) is 26.4 Å². The van der Waals surface area contributed by atoms with Crippen molar-refractivity contribution in [2.45, 2.75) is 50.5 Å². The first-order valence-corrected chi connectivity index (χ1v) is 11.1. The second-order valence-corrected chi connectivity index (χ2v) is 8.65. The van der Waals surface area contributed by atoms with Crippen LogP contribution in [0.2, 0.25) is 0 Å². The lowest BCUT2D eigenvalue weighted by molar-refractivity contribution is -0.229. The molecule has 3 aliphatic heterocycles. The summed E-state index contributed by atoms with van der Waals surface area (Å²) in [6.07, 6.45) is -1.11. The molecule has 2 saturated heterocycles. The number of hydrogen-bond acceptors (Lipinski definition) is 7. The van der Waals surface area contributed by atoms with Gasteiger partial charge in [0.1, 0.15) is 17.8 Å². The number of nitrogens with one attached hydrogen (secondary N) is 1. The van der Waals surface area contributed by atoms with Gasteiger partial charge >= 0.3 is 0 Å². The lowest BCUT2D eigenvalue weighted by Gasteiger charge is -2.40. The van der Waals surface area contributed by atoms with E-state index in [9.17, 15) is 9.90 Å². The van der Waals surface area contributed by atoms with Crippen molar-refractivity contribution in [1.82, 2.24) is 10.2 Å². The summed E-state index contributed by atoms with van der Waals surface area (Å²) in [4.78, 5) is 13.5. The summed E-state index contributed by atoms with van der Waals surface area (Å²) in [7, 11) is 0. The third-order valence-corrected chi connectivity index (χ3v) is 6.24. The van der Waals surface area contributed by atoms with Gasteiger partial charge in [0.15, 0.2) is 6.23 Å². The molecule has 8 nitrogen and oxygen atoms in total. The normalized spacial score (nSPS) is 30.9. The van der Waals surface area contributed by atoms with Gasteiger partial charge in [0.25, 0.3) is 5.91 Å². The van der Waals surface area contributed by atoms with E-state index in [-0.39, 0.29) is 12.5 Å². The molecule has 5 rings (SSSR count). The highest BCUT2D eigenvalue weighted by molar-refractivity contribution is 5.93. The topological polar surface area (TPSA) is 89.5 Å². The van der Waals surface area contributed by atoms with Crippen LogP contribution in [-0.4, -0.2) is 59.5 Å². The van der Waals surface area contributed by atoms with Crippen LogP contribution in [0.3, 0.4) is 0 Å². The Bertz CT molecular complexity index is 1000. The average Bonchev–Trinajstić information content (AvgIpc) is 3.33. The predicted molar refractivity (Wildman–Crippen MR) is 118 cm³/mol. The Kier molecular flexibility index (Phi) is 6.18. The van der Waals surface area contributed by atoms with E-state index >= 15 is 0 Å². The number of fused-ring (bicyclic) bond motifs is 2. The first-order valence-electron chi connectivity index (χ1n) is 11.1. The van der Waals surface area contributed by atoms with Crippen molar-refractivity contribution in [3.05, 3.63) is 83.6 Å². The molecule has 1 amide bonds. The number of amides is 1. The van der Waals surface area contributed by atoms with E-state index in [1.54, 1.807) is 18.0 Å². The van der Waals surface area contributed by atoms with Crippen molar-refractivity contribution in [1.29, 1.82) is 0 Å². The summed E-state index contributed by atoms with van der Waals surface area (Å²) in [5, 5.41) is 13.0. The first-order chi connectivity index (χ1) is 16.1. The predicted octanol–water partition coefficient (Wildman–Crippen LogP) is 1.89. The number of benzene rings is 2. The summed E-state index contributed by atoms with van der Waals surface area (Å²) in [5.41, 5.74) is 1.75. The Balaban J connectivity index is 1.35. The summed E-state index contributed by atoms with van der Waals surface area (Å²) in [5.74, 6) is -0.319. The van der Waals surface area contributed by atoms with Crippen LogP contribution in [0.5, 0.6) is 0 Å². The van der Waals surface area contributed by atoms with Crippen molar-refractivity contribution in [2.75, 3.05) is 13.2 Å². The van der Waals surface area contributed by atoms with Crippen molar-refractivity contribution in [3.8, 4) is 0 Å². The lowest BCUT2D eigenvalue weighted by Crippen LogP contribution is -2.57. The molecule has 0 aliphatic carbocycles. The van der Waals surface area contributed by atoms with E-state index in [2.05, 4.69) is 5.32 Å². The molecule has 2 fully saturated rings. The number of carbonyl (C=O) groups is 1. The van der Waals surface area contributed by atoms with Gasteiger partial charge in [-0.3, -0.25) is 4.79 Å². The number of aliphatic hydroxyl groups excluding tert-OH is 1. The second kappa shape index (κ2) is 9.24. The van der Waals surface area contributed by atoms with Crippen LogP contribution in [0.15, 0.2) is 72.4 Å². The largest absolute Gasteiger partial charge is 0.374 e. The molecule has 8 heteroatoms. The molecule has 3 heterocycles. The van der Waals surface area contributed by atoms with E-state index in [0.717, 1.165) is 11.1 Å². The van der Waals surface area contributed by atoms with Crippen LogP contribution in [-0.2, 0) is 37.0 Å². The summed E-state index contributed by atoms with van der Waals surface area (Å²) in [6.45, 7) is 3.11. The summed E-state index contributed by atoms with van der Waals surface area (Å²) in [6, 6.07) is 19.8. The van der Waals surface area contributed by atoms with Crippen LogP contribution in [0.4, 0.5) is 0 Å². The highest BCUT2D eigenvalue weighted by Crippen LogP contribution is 2.44. The number of hydrogen-bond donors (Lipinski definition) is 2. The molecule has 0 radical (unpaired) electrons. The quantitative estimate of drug-likeness (QED) is 0.632. The van der Waals surface area contributed by atoms with Crippen LogP contribution in [0.1, 0.15) is 18.1 Å². The zero-order valence-electron chi connectivity index (χ0n) is 18.4. The molecule has 2 bridgehead atoms. The fraction of sp³-hybridized carbons (Fsp3) is 0.400. The monoisotopic (exact) mass is 452 g/mol. The van der Waals surface area contributed by atoms with Crippen molar-refractivity contribution < 1.29 is 28.8 Å². The zero-order valence-corrected chi connectivity index (χ0v) is 18.4. The molecule has 0 saturated carbocycles. The second-order valence-electron chi connectivity index (χ2n) is 8.65. The maximum atomic E-state index is 11.9. The molecule has 5 atom stereocenters. The smallest absolute Gasteiger partial charge is 0.251 e. The highest BCUT2D eigenvalue weighted by Gasteiger charge is 2.64. The maximum absolute atomic E-state index is 11.9. The van der Waals surface area contributed by atoms with Crippen LogP contribution >= 0.6 is 0 Å².